The van der Waals surface area contributed by atoms with E-state index in [1.807, 2.05) is 52.8 Å². The Hall–Kier alpha value is -2.22. The summed E-state index contributed by atoms with van der Waals surface area (Å²) in [7, 11) is -0.492. The molecule has 0 spiro atoms. The Bertz CT molecular complexity index is 834. The van der Waals surface area contributed by atoms with Crippen LogP contribution in [0.1, 0.15) is 49.3 Å². The molecule has 7 heteroatoms. The van der Waals surface area contributed by atoms with Crippen LogP contribution < -0.4 is 10.8 Å². The van der Waals surface area contributed by atoms with E-state index in [0.717, 1.165) is 11.0 Å². The van der Waals surface area contributed by atoms with Crippen LogP contribution >= 0.6 is 0 Å². The molecule has 6 nitrogen and oxygen atoms in total. The zero-order valence-corrected chi connectivity index (χ0v) is 16.4. The van der Waals surface area contributed by atoms with Crippen LogP contribution in [0.15, 0.2) is 36.5 Å². The summed E-state index contributed by atoms with van der Waals surface area (Å²) in [6.45, 7) is 9.86. The van der Waals surface area contributed by atoms with Crippen LogP contribution in [0.5, 0.6) is 0 Å². The quantitative estimate of drug-likeness (QED) is 0.811. The van der Waals surface area contributed by atoms with Crippen molar-refractivity contribution in [3.05, 3.63) is 53.3 Å². The summed E-state index contributed by atoms with van der Waals surface area (Å²) in [5, 5.41) is 12.0. The monoisotopic (exact) mass is 368 g/mol. The molecule has 1 amide bonds. The van der Waals surface area contributed by atoms with Gasteiger partial charge in [-0.15, -0.1) is 0 Å². The molecule has 2 aromatic rings. The fourth-order valence-corrected chi connectivity index (χ4v) is 2.85. The second kappa shape index (κ2) is 7.07. The van der Waals surface area contributed by atoms with Crippen LogP contribution in [0.25, 0.3) is 0 Å². The normalized spacial score (nSPS) is 17.8. The van der Waals surface area contributed by atoms with E-state index in [2.05, 4.69) is 10.3 Å². The van der Waals surface area contributed by atoms with Crippen molar-refractivity contribution in [3.8, 4) is 0 Å². The third kappa shape index (κ3) is 3.76. The SMILES string of the molecule is Cc1c(NC(=O)c2ccc(CO)cn2)cccc1B1OC(C)(C)C(C)(C)O1. The van der Waals surface area contributed by atoms with Crippen LogP contribution in [0.2, 0.25) is 0 Å². The van der Waals surface area contributed by atoms with E-state index in [1.54, 1.807) is 12.1 Å². The molecular weight excluding hydrogens is 343 g/mol. The molecule has 0 aliphatic carbocycles. The third-order valence-corrected chi connectivity index (χ3v) is 5.37. The van der Waals surface area contributed by atoms with Gasteiger partial charge in [0.25, 0.3) is 5.91 Å². The number of amides is 1. The molecule has 1 saturated heterocycles. The summed E-state index contributed by atoms with van der Waals surface area (Å²) >= 11 is 0. The predicted octanol–water partition coefficient (Wildman–Crippen LogP) is 2.43. The number of hydrogen-bond acceptors (Lipinski definition) is 5. The molecule has 1 aliphatic heterocycles. The van der Waals surface area contributed by atoms with Gasteiger partial charge in [-0.05, 0) is 63.3 Å². The minimum Gasteiger partial charge on any atom is -0.399 e. The number of anilines is 1. The summed E-state index contributed by atoms with van der Waals surface area (Å²) in [6.07, 6.45) is 1.49. The van der Waals surface area contributed by atoms with Crippen molar-refractivity contribution in [2.24, 2.45) is 0 Å². The number of rotatable bonds is 4. The summed E-state index contributed by atoms with van der Waals surface area (Å²) in [5.41, 5.74) is 2.54. The van der Waals surface area contributed by atoms with Gasteiger partial charge in [0.15, 0.2) is 0 Å². The number of carbonyl (C=O) groups is 1. The number of nitrogens with one attached hydrogen (secondary N) is 1. The van der Waals surface area contributed by atoms with Crippen molar-refractivity contribution in [2.75, 3.05) is 5.32 Å². The molecule has 0 unspecified atom stereocenters. The first-order chi connectivity index (χ1) is 12.6. The number of aromatic nitrogens is 1. The van der Waals surface area contributed by atoms with E-state index in [-0.39, 0.29) is 18.2 Å². The van der Waals surface area contributed by atoms with Crippen LogP contribution in [0.3, 0.4) is 0 Å². The van der Waals surface area contributed by atoms with E-state index < -0.39 is 18.3 Å². The molecule has 1 aromatic heterocycles. The van der Waals surface area contributed by atoms with Gasteiger partial charge in [-0.25, -0.2) is 0 Å². The van der Waals surface area contributed by atoms with E-state index in [0.29, 0.717) is 11.3 Å². The molecular formula is C20H25BN2O4. The van der Waals surface area contributed by atoms with Gasteiger partial charge in [-0.1, -0.05) is 18.2 Å². The highest BCUT2D eigenvalue weighted by atomic mass is 16.7. The molecule has 2 heterocycles. The standard InChI is InChI=1S/C20H25BN2O4/c1-13-15(21-26-19(2,3)20(4,5)27-21)7-6-8-16(13)23-18(25)17-10-9-14(12-24)11-22-17/h6-11,24H,12H2,1-5H3,(H,23,25). The number of hydrogen-bond donors (Lipinski definition) is 2. The number of aliphatic hydroxyl groups is 1. The van der Waals surface area contributed by atoms with Crippen LogP contribution in [0, 0.1) is 6.92 Å². The van der Waals surface area contributed by atoms with Gasteiger partial charge in [0, 0.05) is 11.9 Å². The predicted molar refractivity (Wildman–Crippen MR) is 105 cm³/mol. The Morgan fingerprint density at radius 1 is 1.15 bits per heavy atom. The molecule has 0 saturated carbocycles. The highest BCUT2D eigenvalue weighted by molar-refractivity contribution is 6.62. The first-order valence-electron chi connectivity index (χ1n) is 8.97. The zero-order valence-electron chi connectivity index (χ0n) is 16.4. The Balaban J connectivity index is 1.82. The van der Waals surface area contributed by atoms with Crippen molar-refractivity contribution in [2.45, 2.75) is 52.4 Å². The number of pyridine rings is 1. The zero-order chi connectivity index (χ0) is 19.8. The molecule has 142 valence electrons. The highest BCUT2D eigenvalue weighted by Gasteiger charge is 2.52. The Labute approximate surface area is 160 Å². The van der Waals surface area contributed by atoms with Gasteiger partial charge < -0.3 is 19.7 Å². The lowest BCUT2D eigenvalue weighted by Gasteiger charge is -2.32. The third-order valence-electron chi connectivity index (χ3n) is 5.37. The highest BCUT2D eigenvalue weighted by Crippen LogP contribution is 2.37. The van der Waals surface area contributed by atoms with Crippen molar-refractivity contribution in [1.82, 2.24) is 4.98 Å². The van der Waals surface area contributed by atoms with Crippen molar-refractivity contribution in [3.63, 3.8) is 0 Å². The molecule has 27 heavy (non-hydrogen) atoms. The lowest BCUT2D eigenvalue weighted by Crippen LogP contribution is -2.41. The van der Waals surface area contributed by atoms with Gasteiger partial charge in [0.1, 0.15) is 5.69 Å². The maximum Gasteiger partial charge on any atom is 0.495 e. The minimum absolute atomic E-state index is 0.107. The molecule has 1 fully saturated rings. The van der Waals surface area contributed by atoms with Crippen LogP contribution in [-0.2, 0) is 15.9 Å². The average molecular weight is 368 g/mol. The van der Waals surface area contributed by atoms with Crippen molar-refractivity contribution >= 4 is 24.2 Å². The molecule has 0 radical (unpaired) electrons. The number of benzene rings is 1. The Morgan fingerprint density at radius 2 is 1.81 bits per heavy atom. The summed E-state index contributed by atoms with van der Waals surface area (Å²) in [4.78, 5) is 16.6. The average Bonchev–Trinajstić information content (AvgIpc) is 2.84. The van der Waals surface area contributed by atoms with E-state index in [9.17, 15) is 4.79 Å². The largest absolute Gasteiger partial charge is 0.495 e. The maximum atomic E-state index is 12.5. The first kappa shape index (κ1) is 19.5. The summed E-state index contributed by atoms with van der Waals surface area (Å²) < 4.78 is 12.3. The topological polar surface area (TPSA) is 80.7 Å². The van der Waals surface area contributed by atoms with Gasteiger partial charge >= 0.3 is 7.12 Å². The Kier molecular flexibility index (Phi) is 5.12. The van der Waals surface area contributed by atoms with E-state index in [1.165, 1.54) is 6.20 Å². The molecule has 2 N–H and O–H groups in total. The number of nitrogens with zero attached hydrogens (tertiary/aromatic N) is 1. The van der Waals surface area contributed by atoms with Gasteiger partial charge in [0.2, 0.25) is 0 Å². The maximum absolute atomic E-state index is 12.5. The van der Waals surface area contributed by atoms with E-state index in [4.69, 9.17) is 14.4 Å². The lowest BCUT2D eigenvalue weighted by molar-refractivity contribution is 0.00578. The molecule has 3 rings (SSSR count). The first-order valence-corrected chi connectivity index (χ1v) is 8.97. The summed E-state index contributed by atoms with van der Waals surface area (Å²) in [6, 6.07) is 8.92. The van der Waals surface area contributed by atoms with Gasteiger partial charge in [-0.3, -0.25) is 9.78 Å². The lowest BCUT2D eigenvalue weighted by atomic mass is 9.76. The molecule has 1 aliphatic rings. The molecule has 0 bridgehead atoms. The number of aliphatic hydroxyl groups excluding tert-OH is 1. The Morgan fingerprint density at radius 3 is 2.37 bits per heavy atom. The van der Waals surface area contributed by atoms with Crippen molar-refractivity contribution in [1.29, 1.82) is 0 Å². The second-order valence-electron chi connectivity index (χ2n) is 7.77. The minimum atomic E-state index is -0.492. The molecule has 1 aromatic carbocycles. The van der Waals surface area contributed by atoms with Gasteiger partial charge in [-0.2, -0.15) is 0 Å². The van der Waals surface area contributed by atoms with Gasteiger partial charge in [0.05, 0.1) is 17.8 Å². The number of carbonyl (C=O) groups excluding carboxylic acids is 1. The van der Waals surface area contributed by atoms with Crippen LogP contribution in [0.4, 0.5) is 5.69 Å². The van der Waals surface area contributed by atoms with E-state index >= 15 is 0 Å². The smallest absolute Gasteiger partial charge is 0.399 e. The summed E-state index contributed by atoms with van der Waals surface area (Å²) in [5.74, 6) is -0.311. The molecule has 0 atom stereocenters. The van der Waals surface area contributed by atoms with Crippen molar-refractivity contribution < 1.29 is 19.2 Å². The fourth-order valence-electron chi connectivity index (χ4n) is 2.85. The second-order valence-corrected chi connectivity index (χ2v) is 7.77. The van der Waals surface area contributed by atoms with Crippen LogP contribution in [-0.4, -0.2) is 34.3 Å². The fraction of sp³-hybridized carbons (Fsp3) is 0.400.